The summed E-state index contributed by atoms with van der Waals surface area (Å²) in [4.78, 5) is 14.1. The Balaban J connectivity index is 1.65. The minimum atomic E-state index is -4.45. The highest BCUT2D eigenvalue weighted by molar-refractivity contribution is 7.11. The lowest BCUT2D eigenvalue weighted by Crippen LogP contribution is -2.38. The van der Waals surface area contributed by atoms with Crippen LogP contribution in [0.3, 0.4) is 0 Å². The number of carbonyl (C=O) groups excluding carboxylic acids is 1. The molecule has 3 rings (SSSR count). The van der Waals surface area contributed by atoms with Gasteiger partial charge in [-0.25, -0.2) is 0 Å². The maximum absolute atomic E-state index is 12.8. The molecule has 0 bridgehead atoms. The standard InChI is InChI=1S/C17H18F3N3OS/c1-2-14-21-22-15(25-14)11-6-8-23(9-7-11)16(24)12-4-3-5-13(10-12)17(18,19)20/h3-5,10-11H,2,6-9H2,1H3. The summed E-state index contributed by atoms with van der Waals surface area (Å²) >= 11 is 1.60. The number of rotatable bonds is 3. The fourth-order valence-electron chi connectivity index (χ4n) is 2.92. The number of aromatic nitrogens is 2. The van der Waals surface area contributed by atoms with Crippen LogP contribution in [-0.4, -0.2) is 34.1 Å². The number of likely N-dealkylation sites (tertiary alicyclic amines) is 1. The number of halogens is 3. The fraction of sp³-hybridized carbons (Fsp3) is 0.471. The third-order valence-corrected chi connectivity index (χ3v) is 5.58. The van der Waals surface area contributed by atoms with E-state index in [4.69, 9.17) is 0 Å². The number of benzene rings is 1. The van der Waals surface area contributed by atoms with Gasteiger partial charge in [0.15, 0.2) is 0 Å². The van der Waals surface area contributed by atoms with Crippen LogP contribution in [0.5, 0.6) is 0 Å². The van der Waals surface area contributed by atoms with Gasteiger partial charge in [-0.05, 0) is 37.5 Å². The highest BCUT2D eigenvalue weighted by Gasteiger charge is 2.32. The monoisotopic (exact) mass is 369 g/mol. The van der Waals surface area contributed by atoms with E-state index in [-0.39, 0.29) is 17.4 Å². The van der Waals surface area contributed by atoms with Gasteiger partial charge < -0.3 is 4.90 Å². The van der Waals surface area contributed by atoms with E-state index in [1.807, 2.05) is 6.92 Å². The van der Waals surface area contributed by atoms with Gasteiger partial charge in [-0.3, -0.25) is 4.79 Å². The van der Waals surface area contributed by atoms with Gasteiger partial charge in [0.25, 0.3) is 5.91 Å². The van der Waals surface area contributed by atoms with Crippen LogP contribution in [0.2, 0.25) is 0 Å². The van der Waals surface area contributed by atoms with Crippen LogP contribution >= 0.6 is 11.3 Å². The Bertz CT molecular complexity index is 752. The molecule has 0 unspecified atom stereocenters. The Labute approximate surface area is 147 Å². The lowest BCUT2D eigenvalue weighted by molar-refractivity contribution is -0.137. The van der Waals surface area contributed by atoms with Crippen molar-refractivity contribution in [2.24, 2.45) is 0 Å². The molecule has 1 aromatic carbocycles. The zero-order valence-electron chi connectivity index (χ0n) is 13.7. The second-order valence-corrected chi connectivity index (χ2v) is 7.13. The van der Waals surface area contributed by atoms with E-state index in [0.717, 1.165) is 41.4 Å². The van der Waals surface area contributed by atoms with E-state index in [1.165, 1.54) is 12.1 Å². The third kappa shape index (κ3) is 4.00. The predicted molar refractivity (Wildman–Crippen MR) is 88.6 cm³/mol. The second kappa shape index (κ2) is 7.11. The Hall–Kier alpha value is -1.96. The van der Waals surface area contributed by atoms with Crippen molar-refractivity contribution in [3.05, 3.63) is 45.4 Å². The maximum atomic E-state index is 12.8. The summed E-state index contributed by atoms with van der Waals surface area (Å²) in [6.07, 6.45) is -2.09. The van der Waals surface area contributed by atoms with E-state index in [9.17, 15) is 18.0 Å². The topological polar surface area (TPSA) is 46.1 Å². The zero-order chi connectivity index (χ0) is 18.0. The van der Waals surface area contributed by atoms with Crippen molar-refractivity contribution < 1.29 is 18.0 Å². The first-order chi connectivity index (χ1) is 11.9. The molecule has 2 heterocycles. The second-order valence-electron chi connectivity index (χ2n) is 6.03. The maximum Gasteiger partial charge on any atom is 0.416 e. The number of hydrogen-bond donors (Lipinski definition) is 0. The Morgan fingerprint density at radius 1 is 1.28 bits per heavy atom. The number of nitrogens with zero attached hydrogens (tertiary/aromatic N) is 3. The molecule has 134 valence electrons. The van der Waals surface area contributed by atoms with Crippen LogP contribution < -0.4 is 0 Å². The summed E-state index contributed by atoms with van der Waals surface area (Å²) < 4.78 is 38.4. The summed E-state index contributed by atoms with van der Waals surface area (Å²) in [5, 5.41) is 10.3. The van der Waals surface area contributed by atoms with Gasteiger partial charge in [0, 0.05) is 24.6 Å². The quantitative estimate of drug-likeness (QED) is 0.817. The fourth-order valence-corrected chi connectivity index (χ4v) is 3.87. The molecule has 2 aromatic rings. The SMILES string of the molecule is CCc1nnc(C2CCN(C(=O)c3cccc(C(F)(F)F)c3)CC2)s1. The highest BCUT2D eigenvalue weighted by Crippen LogP contribution is 2.32. The number of alkyl halides is 3. The van der Waals surface area contributed by atoms with Crippen molar-refractivity contribution in [1.82, 2.24) is 15.1 Å². The molecule has 25 heavy (non-hydrogen) atoms. The molecule has 1 aliphatic rings. The molecule has 0 saturated carbocycles. The molecular formula is C17H18F3N3OS. The average Bonchev–Trinajstić information content (AvgIpc) is 3.10. The highest BCUT2D eigenvalue weighted by atomic mass is 32.1. The first-order valence-corrected chi connectivity index (χ1v) is 8.99. The summed E-state index contributed by atoms with van der Waals surface area (Å²) in [6, 6.07) is 4.61. The van der Waals surface area contributed by atoms with Crippen molar-refractivity contribution in [2.45, 2.75) is 38.3 Å². The lowest BCUT2D eigenvalue weighted by atomic mass is 9.97. The summed E-state index contributed by atoms with van der Waals surface area (Å²) in [5.74, 6) is -0.0839. The van der Waals surface area contributed by atoms with E-state index in [0.29, 0.717) is 13.1 Å². The van der Waals surface area contributed by atoms with Crippen molar-refractivity contribution >= 4 is 17.2 Å². The van der Waals surface area contributed by atoms with E-state index < -0.39 is 11.7 Å². The van der Waals surface area contributed by atoms with Crippen LogP contribution in [0.15, 0.2) is 24.3 Å². The van der Waals surface area contributed by atoms with Crippen LogP contribution in [0.1, 0.15) is 51.6 Å². The summed E-state index contributed by atoms with van der Waals surface area (Å²) in [5.41, 5.74) is -0.716. The molecule has 4 nitrogen and oxygen atoms in total. The van der Waals surface area contributed by atoms with Crippen LogP contribution in [0.4, 0.5) is 13.2 Å². The van der Waals surface area contributed by atoms with E-state index in [2.05, 4.69) is 10.2 Å². The Morgan fingerprint density at radius 2 is 2.00 bits per heavy atom. The summed E-state index contributed by atoms with van der Waals surface area (Å²) in [6.45, 7) is 3.06. The van der Waals surface area contributed by atoms with Gasteiger partial charge in [-0.1, -0.05) is 13.0 Å². The number of hydrogen-bond acceptors (Lipinski definition) is 4. The minimum Gasteiger partial charge on any atom is -0.339 e. The predicted octanol–water partition coefficient (Wildman–Crippen LogP) is 4.14. The molecule has 1 amide bonds. The molecule has 1 aliphatic heterocycles. The Kier molecular flexibility index (Phi) is 5.08. The third-order valence-electron chi connectivity index (χ3n) is 4.35. The number of aryl methyl sites for hydroxylation is 1. The normalized spacial score (nSPS) is 16.2. The number of amides is 1. The lowest BCUT2D eigenvalue weighted by Gasteiger charge is -2.31. The molecule has 1 fully saturated rings. The van der Waals surface area contributed by atoms with Gasteiger partial charge in [0.05, 0.1) is 5.56 Å². The summed E-state index contributed by atoms with van der Waals surface area (Å²) in [7, 11) is 0. The van der Waals surface area contributed by atoms with E-state index >= 15 is 0 Å². The number of carbonyl (C=O) groups is 1. The Morgan fingerprint density at radius 3 is 2.60 bits per heavy atom. The van der Waals surface area contributed by atoms with Gasteiger partial charge in [0.2, 0.25) is 0 Å². The van der Waals surface area contributed by atoms with Crippen molar-refractivity contribution in [1.29, 1.82) is 0 Å². The molecule has 0 atom stereocenters. The molecular weight excluding hydrogens is 351 g/mol. The molecule has 0 spiro atoms. The first-order valence-electron chi connectivity index (χ1n) is 8.17. The molecule has 0 N–H and O–H groups in total. The number of piperidine rings is 1. The first kappa shape index (κ1) is 17.8. The van der Waals surface area contributed by atoms with Crippen molar-refractivity contribution in [3.63, 3.8) is 0 Å². The van der Waals surface area contributed by atoms with Crippen LogP contribution in [-0.2, 0) is 12.6 Å². The van der Waals surface area contributed by atoms with Crippen LogP contribution in [0.25, 0.3) is 0 Å². The van der Waals surface area contributed by atoms with Gasteiger partial charge in [-0.2, -0.15) is 13.2 Å². The molecule has 1 aromatic heterocycles. The van der Waals surface area contributed by atoms with Gasteiger partial charge in [-0.15, -0.1) is 21.5 Å². The smallest absolute Gasteiger partial charge is 0.339 e. The van der Waals surface area contributed by atoms with Gasteiger partial charge >= 0.3 is 6.18 Å². The van der Waals surface area contributed by atoms with Gasteiger partial charge in [0.1, 0.15) is 10.0 Å². The zero-order valence-corrected chi connectivity index (χ0v) is 14.5. The van der Waals surface area contributed by atoms with Crippen molar-refractivity contribution in [2.75, 3.05) is 13.1 Å². The average molecular weight is 369 g/mol. The minimum absolute atomic E-state index is 0.0810. The van der Waals surface area contributed by atoms with E-state index in [1.54, 1.807) is 16.2 Å². The van der Waals surface area contributed by atoms with Crippen LogP contribution in [0, 0.1) is 0 Å². The molecule has 8 heteroatoms. The largest absolute Gasteiger partial charge is 0.416 e. The van der Waals surface area contributed by atoms with Crippen molar-refractivity contribution in [3.8, 4) is 0 Å². The molecule has 1 saturated heterocycles. The molecule has 0 aliphatic carbocycles. The molecule has 0 radical (unpaired) electrons.